The van der Waals surface area contributed by atoms with Crippen LogP contribution in [-0.4, -0.2) is 0 Å². The van der Waals surface area contributed by atoms with Gasteiger partial charge in [-0.3, -0.25) is 0 Å². The lowest BCUT2D eigenvalue weighted by Crippen LogP contribution is -2.32. The maximum atomic E-state index is 2.43. The molecule has 0 saturated heterocycles. The second-order valence-corrected chi connectivity index (χ2v) is 7.94. The molecule has 0 aliphatic heterocycles. The summed E-state index contributed by atoms with van der Waals surface area (Å²) < 4.78 is 0. The fourth-order valence-corrected chi connectivity index (χ4v) is 2.71. The standard InChI is InChI=1S/C16H30/c1-14(2,3)12-10-9-11-13(12)16(7,8)15(4,5)6/h9-11H2,1-8H3. The molecule has 1 aliphatic carbocycles. The van der Waals surface area contributed by atoms with Crippen LogP contribution in [0.5, 0.6) is 0 Å². The van der Waals surface area contributed by atoms with E-state index in [4.69, 9.17) is 0 Å². The van der Waals surface area contributed by atoms with E-state index in [0.29, 0.717) is 16.2 Å². The van der Waals surface area contributed by atoms with Crippen LogP contribution in [0.2, 0.25) is 0 Å². The van der Waals surface area contributed by atoms with Gasteiger partial charge in [0, 0.05) is 0 Å². The van der Waals surface area contributed by atoms with Gasteiger partial charge >= 0.3 is 0 Å². The number of hydrogen-bond donors (Lipinski definition) is 0. The Morgan fingerprint density at radius 2 is 1.12 bits per heavy atom. The van der Waals surface area contributed by atoms with Gasteiger partial charge in [0.05, 0.1) is 0 Å². The second kappa shape index (κ2) is 3.89. The maximum Gasteiger partial charge on any atom is -0.00933 e. The molecule has 0 bridgehead atoms. The molecule has 0 atom stereocenters. The largest absolute Gasteiger partial charge is 0.0651 e. The first-order valence-electron chi connectivity index (χ1n) is 6.71. The maximum absolute atomic E-state index is 2.43. The zero-order chi connectivity index (χ0) is 12.8. The molecule has 1 aliphatic rings. The predicted octanol–water partition coefficient (Wildman–Crippen LogP) is 5.59. The molecule has 0 nitrogen and oxygen atoms in total. The molecule has 0 aromatic heterocycles. The van der Waals surface area contributed by atoms with E-state index < -0.39 is 0 Å². The van der Waals surface area contributed by atoms with E-state index in [9.17, 15) is 0 Å². The third-order valence-electron chi connectivity index (χ3n) is 4.75. The average molecular weight is 222 g/mol. The predicted molar refractivity (Wildman–Crippen MR) is 73.6 cm³/mol. The van der Waals surface area contributed by atoms with E-state index in [2.05, 4.69) is 55.4 Å². The third kappa shape index (κ3) is 2.36. The molecule has 1 rings (SSSR count). The van der Waals surface area contributed by atoms with Gasteiger partial charge in [-0.1, -0.05) is 66.5 Å². The first-order chi connectivity index (χ1) is 6.98. The summed E-state index contributed by atoms with van der Waals surface area (Å²) in [5.41, 5.74) is 4.50. The molecule has 0 aromatic rings. The Morgan fingerprint density at radius 1 is 0.688 bits per heavy atom. The summed E-state index contributed by atoms with van der Waals surface area (Å²) in [7, 11) is 0. The monoisotopic (exact) mass is 222 g/mol. The normalized spacial score (nSPS) is 19.5. The molecular formula is C16H30. The minimum atomic E-state index is 0.326. The lowest BCUT2D eigenvalue weighted by Gasteiger charge is -2.42. The topological polar surface area (TPSA) is 0 Å². The van der Waals surface area contributed by atoms with Crippen LogP contribution in [0.25, 0.3) is 0 Å². The van der Waals surface area contributed by atoms with Crippen LogP contribution in [0.1, 0.15) is 74.7 Å². The molecule has 0 saturated carbocycles. The number of rotatable bonds is 1. The second-order valence-electron chi connectivity index (χ2n) is 7.94. The molecular weight excluding hydrogens is 192 g/mol. The van der Waals surface area contributed by atoms with Crippen molar-refractivity contribution in [3.05, 3.63) is 11.1 Å². The first kappa shape index (κ1) is 13.8. The summed E-state index contributed by atoms with van der Waals surface area (Å²) in [5, 5.41) is 0. The minimum Gasteiger partial charge on any atom is -0.0651 e. The van der Waals surface area contributed by atoms with Crippen molar-refractivity contribution in [3.8, 4) is 0 Å². The van der Waals surface area contributed by atoms with Crippen molar-refractivity contribution in [3.63, 3.8) is 0 Å². The van der Waals surface area contributed by atoms with Crippen LogP contribution in [0, 0.1) is 16.2 Å². The van der Waals surface area contributed by atoms with Crippen molar-refractivity contribution in [1.29, 1.82) is 0 Å². The van der Waals surface area contributed by atoms with Gasteiger partial charge in [-0.25, -0.2) is 0 Å². The van der Waals surface area contributed by atoms with E-state index in [1.54, 1.807) is 11.1 Å². The molecule has 0 spiro atoms. The van der Waals surface area contributed by atoms with Gasteiger partial charge in [-0.2, -0.15) is 0 Å². The molecule has 0 radical (unpaired) electrons. The van der Waals surface area contributed by atoms with Gasteiger partial charge in [-0.05, 0) is 35.5 Å². The Kier molecular flexibility index (Phi) is 3.36. The van der Waals surface area contributed by atoms with Gasteiger partial charge in [0.1, 0.15) is 0 Å². The molecule has 94 valence electrons. The van der Waals surface area contributed by atoms with Gasteiger partial charge in [0.25, 0.3) is 0 Å². The van der Waals surface area contributed by atoms with Crippen molar-refractivity contribution < 1.29 is 0 Å². The molecule has 0 fully saturated rings. The summed E-state index contributed by atoms with van der Waals surface area (Å²) in [6, 6.07) is 0. The third-order valence-corrected chi connectivity index (χ3v) is 4.75. The van der Waals surface area contributed by atoms with Crippen molar-refractivity contribution in [1.82, 2.24) is 0 Å². The first-order valence-corrected chi connectivity index (χ1v) is 6.71. The summed E-state index contributed by atoms with van der Waals surface area (Å²) >= 11 is 0. The molecule has 0 unspecified atom stereocenters. The van der Waals surface area contributed by atoms with Crippen LogP contribution >= 0.6 is 0 Å². The van der Waals surface area contributed by atoms with E-state index in [0.717, 1.165) is 0 Å². The number of allylic oxidation sites excluding steroid dienone is 2. The zero-order valence-electron chi connectivity index (χ0n) is 12.6. The Bertz CT molecular complexity index is 289. The van der Waals surface area contributed by atoms with Gasteiger partial charge in [-0.15, -0.1) is 0 Å². The van der Waals surface area contributed by atoms with Crippen LogP contribution < -0.4 is 0 Å². The lowest BCUT2D eigenvalue weighted by atomic mass is 9.62. The average Bonchev–Trinajstić information content (AvgIpc) is 2.47. The fraction of sp³-hybridized carbons (Fsp3) is 0.875. The minimum absolute atomic E-state index is 0.326. The highest BCUT2D eigenvalue weighted by molar-refractivity contribution is 5.30. The highest BCUT2D eigenvalue weighted by atomic mass is 14.5. The van der Waals surface area contributed by atoms with Crippen LogP contribution in [0.15, 0.2) is 11.1 Å². The van der Waals surface area contributed by atoms with Crippen LogP contribution in [0.4, 0.5) is 0 Å². The Morgan fingerprint density at radius 3 is 1.50 bits per heavy atom. The molecule has 0 N–H and O–H groups in total. The van der Waals surface area contributed by atoms with Gasteiger partial charge in [0.15, 0.2) is 0 Å². The van der Waals surface area contributed by atoms with Gasteiger partial charge < -0.3 is 0 Å². The van der Waals surface area contributed by atoms with E-state index in [1.165, 1.54) is 19.3 Å². The SMILES string of the molecule is CC(C)(C)C1=C(C(C)(C)C(C)(C)C)CCC1. The Hall–Kier alpha value is -0.260. The Balaban J connectivity index is 3.21. The summed E-state index contributed by atoms with van der Waals surface area (Å²) in [6.45, 7) is 19.1. The molecule has 0 aromatic carbocycles. The highest BCUT2D eigenvalue weighted by Crippen LogP contribution is 2.52. The van der Waals surface area contributed by atoms with Crippen LogP contribution in [0.3, 0.4) is 0 Å². The lowest BCUT2D eigenvalue weighted by molar-refractivity contribution is 0.171. The summed E-state index contributed by atoms with van der Waals surface area (Å²) in [6.07, 6.45) is 4.00. The smallest absolute Gasteiger partial charge is 0.00933 e. The van der Waals surface area contributed by atoms with Crippen molar-refractivity contribution in [2.75, 3.05) is 0 Å². The Labute approximate surface area is 103 Å². The van der Waals surface area contributed by atoms with E-state index in [-0.39, 0.29) is 0 Å². The fourth-order valence-electron chi connectivity index (χ4n) is 2.71. The highest BCUT2D eigenvalue weighted by Gasteiger charge is 2.40. The van der Waals surface area contributed by atoms with Crippen molar-refractivity contribution in [2.45, 2.75) is 74.7 Å². The summed E-state index contributed by atoms with van der Waals surface area (Å²) in [5.74, 6) is 0. The zero-order valence-corrected chi connectivity index (χ0v) is 12.6. The van der Waals surface area contributed by atoms with E-state index in [1.807, 2.05) is 0 Å². The summed E-state index contributed by atoms with van der Waals surface area (Å²) in [4.78, 5) is 0. The van der Waals surface area contributed by atoms with Gasteiger partial charge in [0.2, 0.25) is 0 Å². The van der Waals surface area contributed by atoms with Crippen LogP contribution in [-0.2, 0) is 0 Å². The van der Waals surface area contributed by atoms with E-state index >= 15 is 0 Å². The quantitative estimate of drug-likeness (QED) is 0.508. The molecule has 16 heavy (non-hydrogen) atoms. The van der Waals surface area contributed by atoms with Crippen molar-refractivity contribution in [2.24, 2.45) is 16.2 Å². The molecule has 0 heteroatoms. The molecule has 0 heterocycles. The van der Waals surface area contributed by atoms with Crippen molar-refractivity contribution >= 4 is 0 Å². The molecule has 0 amide bonds. The number of hydrogen-bond acceptors (Lipinski definition) is 0.